The van der Waals surface area contributed by atoms with E-state index >= 15 is 0 Å². The fourth-order valence-electron chi connectivity index (χ4n) is 2.15. The number of nitrogens with zero attached hydrogens (tertiary/aromatic N) is 6. The lowest BCUT2D eigenvalue weighted by molar-refractivity contribution is 0.923. The zero-order chi connectivity index (χ0) is 12.7. The quantitative estimate of drug-likeness (QED) is 0.513. The third-order valence-corrected chi connectivity index (χ3v) is 3.00. The molecule has 0 radical (unpaired) electrons. The van der Waals surface area contributed by atoms with E-state index in [1.165, 1.54) is 6.33 Å². The van der Waals surface area contributed by atoms with E-state index < -0.39 is 0 Å². The van der Waals surface area contributed by atoms with Gasteiger partial charge >= 0.3 is 0 Å². The number of benzene rings is 1. The smallest absolute Gasteiger partial charge is 0.187 e. The molecule has 6 heteroatoms. The van der Waals surface area contributed by atoms with Gasteiger partial charge in [0.05, 0.1) is 11.6 Å². The van der Waals surface area contributed by atoms with E-state index in [1.54, 1.807) is 17.0 Å². The molecule has 4 aromatic rings. The second-order valence-corrected chi connectivity index (χ2v) is 4.10. The second kappa shape index (κ2) is 3.81. The van der Waals surface area contributed by atoms with E-state index in [4.69, 9.17) is 0 Å². The molecule has 1 aromatic carbocycles. The molecule has 3 aromatic heterocycles. The van der Waals surface area contributed by atoms with Crippen LogP contribution in [-0.2, 0) is 0 Å². The highest BCUT2D eigenvalue weighted by Crippen LogP contribution is 2.27. The van der Waals surface area contributed by atoms with Gasteiger partial charge in [0.1, 0.15) is 12.7 Å². The SMILES string of the molecule is c1ccc(-c2cnnc3ncn4ncnc4c23)cc1. The summed E-state index contributed by atoms with van der Waals surface area (Å²) in [7, 11) is 0. The Morgan fingerprint density at radius 3 is 2.79 bits per heavy atom. The molecular formula is C13H8N6. The molecule has 0 fully saturated rings. The largest absolute Gasteiger partial charge is 0.215 e. The highest BCUT2D eigenvalue weighted by molar-refractivity contribution is 6.00. The first-order chi connectivity index (χ1) is 9.43. The average molecular weight is 248 g/mol. The molecule has 4 rings (SSSR count). The van der Waals surface area contributed by atoms with E-state index in [-0.39, 0.29) is 0 Å². The van der Waals surface area contributed by atoms with Gasteiger partial charge in [-0.2, -0.15) is 10.2 Å². The maximum absolute atomic E-state index is 4.28. The molecule has 19 heavy (non-hydrogen) atoms. The van der Waals surface area contributed by atoms with Crippen molar-refractivity contribution in [3.8, 4) is 11.1 Å². The van der Waals surface area contributed by atoms with Crippen LogP contribution in [0.25, 0.3) is 27.8 Å². The average Bonchev–Trinajstić information content (AvgIpc) is 2.96. The van der Waals surface area contributed by atoms with Gasteiger partial charge in [0.2, 0.25) is 0 Å². The molecule has 0 saturated heterocycles. The van der Waals surface area contributed by atoms with Crippen LogP contribution < -0.4 is 0 Å². The molecule has 0 unspecified atom stereocenters. The van der Waals surface area contributed by atoms with Crippen LogP contribution in [0.3, 0.4) is 0 Å². The number of fused-ring (bicyclic) bond motifs is 3. The Bertz CT molecular complexity index is 868. The summed E-state index contributed by atoms with van der Waals surface area (Å²) in [6.07, 6.45) is 4.83. The van der Waals surface area contributed by atoms with E-state index in [1.807, 2.05) is 30.3 Å². The number of aromatic nitrogens is 6. The first-order valence-corrected chi connectivity index (χ1v) is 5.78. The molecule has 0 spiro atoms. The minimum atomic E-state index is 0.571. The van der Waals surface area contributed by atoms with Crippen molar-refractivity contribution in [2.24, 2.45) is 0 Å². The maximum Gasteiger partial charge on any atom is 0.187 e. The Balaban J connectivity index is 2.18. The fraction of sp³-hybridized carbons (Fsp3) is 0. The first kappa shape index (κ1) is 10.1. The lowest BCUT2D eigenvalue weighted by Crippen LogP contribution is -1.96. The Hall–Kier alpha value is -2.89. The second-order valence-electron chi connectivity index (χ2n) is 4.10. The van der Waals surface area contributed by atoms with Crippen LogP contribution in [0.5, 0.6) is 0 Å². The molecule has 6 nitrogen and oxygen atoms in total. The van der Waals surface area contributed by atoms with Gasteiger partial charge in [-0.1, -0.05) is 30.3 Å². The summed E-state index contributed by atoms with van der Waals surface area (Å²) in [5.74, 6) is 0. The van der Waals surface area contributed by atoms with Gasteiger partial charge < -0.3 is 0 Å². The molecule has 0 atom stereocenters. The molecule has 0 aliphatic carbocycles. The Kier molecular flexibility index (Phi) is 2.02. The predicted molar refractivity (Wildman–Crippen MR) is 69.3 cm³/mol. The van der Waals surface area contributed by atoms with Crippen molar-refractivity contribution < 1.29 is 0 Å². The highest BCUT2D eigenvalue weighted by atomic mass is 15.3. The summed E-state index contributed by atoms with van der Waals surface area (Å²) in [5.41, 5.74) is 3.32. The van der Waals surface area contributed by atoms with Gasteiger partial charge in [-0.15, -0.1) is 5.10 Å². The summed E-state index contributed by atoms with van der Waals surface area (Å²) in [4.78, 5) is 8.53. The topological polar surface area (TPSA) is 68.9 Å². The van der Waals surface area contributed by atoms with Crippen LogP contribution >= 0.6 is 0 Å². The third-order valence-electron chi connectivity index (χ3n) is 3.00. The van der Waals surface area contributed by atoms with Crippen LogP contribution in [0.4, 0.5) is 0 Å². The maximum atomic E-state index is 4.28. The molecule has 3 heterocycles. The number of hydrogen-bond acceptors (Lipinski definition) is 5. The molecular weight excluding hydrogens is 240 g/mol. The van der Waals surface area contributed by atoms with Crippen molar-refractivity contribution in [2.45, 2.75) is 0 Å². The number of rotatable bonds is 1. The summed E-state index contributed by atoms with van der Waals surface area (Å²) < 4.78 is 1.64. The molecule has 0 amide bonds. The van der Waals surface area contributed by atoms with Crippen molar-refractivity contribution in [1.29, 1.82) is 0 Å². The van der Waals surface area contributed by atoms with Crippen molar-refractivity contribution >= 4 is 16.7 Å². The van der Waals surface area contributed by atoms with E-state index in [0.29, 0.717) is 5.65 Å². The van der Waals surface area contributed by atoms with Crippen molar-refractivity contribution in [3.63, 3.8) is 0 Å². The lowest BCUT2D eigenvalue weighted by Gasteiger charge is -2.05. The number of hydrogen-bond donors (Lipinski definition) is 0. The molecule has 0 bridgehead atoms. The molecule has 0 aliphatic heterocycles. The lowest BCUT2D eigenvalue weighted by atomic mass is 10.1. The highest BCUT2D eigenvalue weighted by Gasteiger charge is 2.11. The van der Waals surface area contributed by atoms with Crippen molar-refractivity contribution in [1.82, 2.24) is 29.8 Å². The molecule has 0 saturated carbocycles. The van der Waals surface area contributed by atoms with Crippen LogP contribution in [0.2, 0.25) is 0 Å². The van der Waals surface area contributed by atoms with Crippen LogP contribution in [0.1, 0.15) is 0 Å². The van der Waals surface area contributed by atoms with Crippen molar-refractivity contribution in [3.05, 3.63) is 49.2 Å². The zero-order valence-electron chi connectivity index (χ0n) is 9.80. The standard InChI is InChI=1S/C13H8N6/c1-2-4-9(5-3-1)10-6-16-18-12-11(10)13-14-7-17-19(13)8-15-12/h1-8H. The molecule has 90 valence electrons. The van der Waals surface area contributed by atoms with Gasteiger partial charge in [-0.05, 0) is 5.56 Å². The Morgan fingerprint density at radius 2 is 1.89 bits per heavy atom. The summed E-state index contributed by atoms with van der Waals surface area (Å²) in [5, 5.41) is 13.0. The van der Waals surface area contributed by atoms with Crippen LogP contribution in [-0.4, -0.2) is 29.8 Å². The van der Waals surface area contributed by atoms with E-state index in [2.05, 4.69) is 25.3 Å². The van der Waals surface area contributed by atoms with Gasteiger partial charge in [0.15, 0.2) is 11.3 Å². The van der Waals surface area contributed by atoms with Gasteiger partial charge in [-0.25, -0.2) is 14.5 Å². The predicted octanol–water partition coefficient (Wildman–Crippen LogP) is 1.73. The van der Waals surface area contributed by atoms with Gasteiger partial charge in [0.25, 0.3) is 0 Å². The molecule has 0 N–H and O–H groups in total. The third kappa shape index (κ3) is 1.46. The van der Waals surface area contributed by atoms with E-state index in [0.717, 1.165) is 22.2 Å². The minimum Gasteiger partial charge on any atom is -0.215 e. The summed E-state index contributed by atoms with van der Waals surface area (Å²) in [6.45, 7) is 0. The van der Waals surface area contributed by atoms with E-state index in [9.17, 15) is 0 Å². The monoisotopic (exact) mass is 248 g/mol. The summed E-state index contributed by atoms with van der Waals surface area (Å²) in [6, 6.07) is 10.00. The van der Waals surface area contributed by atoms with Crippen LogP contribution in [0, 0.1) is 0 Å². The minimum absolute atomic E-state index is 0.571. The van der Waals surface area contributed by atoms with Gasteiger partial charge in [0, 0.05) is 5.56 Å². The normalized spacial score (nSPS) is 11.2. The van der Waals surface area contributed by atoms with Crippen molar-refractivity contribution in [2.75, 3.05) is 0 Å². The fourth-order valence-corrected chi connectivity index (χ4v) is 2.15. The molecule has 0 aliphatic rings. The summed E-state index contributed by atoms with van der Waals surface area (Å²) >= 11 is 0. The zero-order valence-corrected chi connectivity index (χ0v) is 9.80. The Labute approximate surface area is 107 Å². The Morgan fingerprint density at radius 1 is 1.00 bits per heavy atom. The van der Waals surface area contributed by atoms with Crippen LogP contribution in [0.15, 0.2) is 49.2 Å². The first-order valence-electron chi connectivity index (χ1n) is 5.78. The van der Waals surface area contributed by atoms with Gasteiger partial charge in [-0.3, -0.25) is 0 Å².